The molecule has 0 aliphatic carbocycles. The predicted molar refractivity (Wildman–Crippen MR) is 67.8 cm³/mol. The molecule has 78 valence electrons. The predicted octanol–water partition coefficient (Wildman–Crippen LogP) is 3.79. The molecular weight excluding hydrogens is 308 g/mol. The second kappa shape index (κ2) is 7.30. The molecule has 1 aromatic carbocycles. The second-order valence-corrected chi connectivity index (χ2v) is 4.52. The quantitative estimate of drug-likeness (QED) is 0.724. The number of benzene rings is 1. The normalized spacial score (nSPS) is 10.1. The molecule has 0 fully saturated rings. The number of para-hydroxylation sites is 1. The summed E-state index contributed by atoms with van der Waals surface area (Å²) < 4.78 is 5.62. The van der Waals surface area contributed by atoms with Gasteiger partial charge in [-0.25, -0.2) is 0 Å². The van der Waals surface area contributed by atoms with E-state index in [1.54, 1.807) is 0 Å². The van der Waals surface area contributed by atoms with Crippen molar-refractivity contribution in [2.45, 2.75) is 12.8 Å². The van der Waals surface area contributed by atoms with E-state index in [0.29, 0.717) is 0 Å². The summed E-state index contributed by atoms with van der Waals surface area (Å²) in [5.41, 5.74) is 1.30. The van der Waals surface area contributed by atoms with Gasteiger partial charge in [0.2, 0.25) is 0 Å². The maximum absolute atomic E-state index is 5.62. The molecule has 0 heterocycles. The van der Waals surface area contributed by atoms with Crippen LogP contribution in [0.15, 0.2) is 24.3 Å². The van der Waals surface area contributed by atoms with Gasteiger partial charge < -0.3 is 4.74 Å². The van der Waals surface area contributed by atoms with Crippen molar-refractivity contribution in [3.63, 3.8) is 0 Å². The summed E-state index contributed by atoms with van der Waals surface area (Å²) in [6.45, 7) is 0.728. The fourth-order valence-electron chi connectivity index (χ4n) is 1.26. The number of hydrogen-bond donors (Lipinski definition) is 0. The summed E-state index contributed by atoms with van der Waals surface area (Å²) >= 11 is 6.79. The lowest BCUT2D eigenvalue weighted by molar-refractivity contribution is 0.341. The van der Waals surface area contributed by atoms with Gasteiger partial charge in [-0.15, -0.1) is 0 Å². The van der Waals surface area contributed by atoms with Crippen molar-refractivity contribution in [2.75, 3.05) is 17.3 Å². The average molecular weight is 322 g/mol. The zero-order chi connectivity index (χ0) is 10.2. The van der Waals surface area contributed by atoms with E-state index in [9.17, 15) is 0 Å². The molecule has 0 unspecified atom stereocenters. The third kappa shape index (κ3) is 4.01. The Balaban J connectivity index is 2.60. The van der Waals surface area contributed by atoms with Crippen molar-refractivity contribution in [1.29, 1.82) is 0 Å². The fourth-order valence-corrected chi connectivity index (χ4v) is 1.70. The number of halogens is 2. The fraction of sp³-hybridized carbons (Fsp3) is 0.455. The first-order valence-corrected chi connectivity index (χ1v) is 6.95. The Morgan fingerprint density at radius 2 is 1.86 bits per heavy atom. The summed E-state index contributed by atoms with van der Waals surface area (Å²) in [6.07, 6.45) is 2.22. The van der Waals surface area contributed by atoms with Crippen LogP contribution < -0.4 is 4.74 Å². The molecule has 0 N–H and O–H groups in total. The lowest BCUT2D eigenvalue weighted by Gasteiger charge is -2.09. The zero-order valence-corrected chi connectivity index (χ0v) is 11.2. The molecule has 0 spiro atoms. The standard InChI is InChI=1S/C11H14Br2O/c12-7-3-5-10-4-1-2-6-11(10)14-9-8-13/h1-2,4,6H,3,5,7-9H2. The van der Waals surface area contributed by atoms with Crippen LogP contribution in [0.4, 0.5) is 0 Å². The highest BCUT2D eigenvalue weighted by Gasteiger charge is 2.01. The zero-order valence-electron chi connectivity index (χ0n) is 8.01. The number of ether oxygens (including phenoxy) is 1. The largest absolute Gasteiger partial charge is 0.492 e. The molecule has 1 nitrogen and oxygen atoms in total. The van der Waals surface area contributed by atoms with Gasteiger partial charge in [0, 0.05) is 10.7 Å². The maximum Gasteiger partial charge on any atom is 0.122 e. The van der Waals surface area contributed by atoms with E-state index in [2.05, 4.69) is 44.0 Å². The highest BCUT2D eigenvalue weighted by Crippen LogP contribution is 2.19. The van der Waals surface area contributed by atoms with Crippen LogP contribution in [0, 0.1) is 0 Å². The van der Waals surface area contributed by atoms with Gasteiger partial charge in [0.15, 0.2) is 0 Å². The van der Waals surface area contributed by atoms with Crippen LogP contribution in [-0.2, 0) is 6.42 Å². The van der Waals surface area contributed by atoms with Crippen LogP contribution in [0.3, 0.4) is 0 Å². The van der Waals surface area contributed by atoms with Gasteiger partial charge in [-0.3, -0.25) is 0 Å². The molecule has 0 atom stereocenters. The van der Waals surface area contributed by atoms with Crippen LogP contribution in [0.1, 0.15) is 12.0 Å². The minimum Gasteiger partial charge on any atom is -0.492 e. The van der Waals surface area contributed by atoms with Crippen molar-refractivity contribution < 1.29 is 4.74 Å². The van der Waals surface area contributed by atoms with E-state index in [1.165, 1.54) is 5.56 Å². The summed E-state index contributed by atoms with van der Waals surface area (Å²) in [7, 11) is 0. The molecule has 14 heavy (non-hydrogen) atoms. The molecule has 0 saturated heterocycles. The Bertz CT molecular complexity index is 236. The molecule has 0 bridgehead atoms. The average Bonchev–Trinajstić information content (AvgIpc) is 2.24. The third-order valence-corrected chi connectivity index (χ3v) is 2.77. The minimum atomic E-state index is 0.728. The molecule has 1 aromatic rings. The molecule has 0 saturated carbocycles. The van der Waals surface area contributed by atoms with E-state index in [1.807, 2.05) is 12.1 Å². The van der Waals surface area contributed by atoms with Gasteiger partial charge in [-0.2, -0.15) is 0 Å². The lowest BCUT2D eigenvalue weighted by atomic mass is 10.1. The Hall–Kier alpha value is -0.0200. The first-order valence-electron chi connectivity index (χ1n) is 4.71. The summed E-state index contributed by atoms with van der Waals surface area (Å²) in [6, 6.07) is 8.24. The summed E-state index contributed by atoms with van der Waals surface area (Å²) in [4.78, 5) is 0. The SMILES string of the molecule is BrCCCc1ccccc1OCCBr. The van der Waals surface area contributed by atoms with Gasteiger partial charge in [-0.1, -0.05) is 50.1 Å². The maximum atomic E-state index is 5.62. The van der Waals surface area contributed by atoms with Crippen molar-refractivity contribution in [1.82, 2.24) is 0 Å². The smallest absolute Gasteiger partial charge is 0.122 e. The summed E-state index contributed by atoms with van der Waals surface area (Å²) in [5, 5.41) is 1.92. The van der Waals surface area contributed by atoms with E-state index < -0.39 is 0 Å². The topological polar surface area (TPSA) is 9.23 Å². The Morgan fingerprint density at radius 1 is 1.07 bits per heavy atom. The van der Waals surface area contributed by atoms with Gasteiger partial charge in [-0.05, 0) is 24.5 Å². The van der Waals surface area contributed by atoms with Gasteiger partial charge in [0.25, 0.3) is 0 Å². The third-order valence-electron chi connectivity index (χ3n) is 1.89. The first kappa shape index (κ1) is 12.1. The lowest BCUT2D eigenvalue weighted by Crippen LogP contribution is -2.00. The number of rotatable bonds is 6. The van der Waals surface area contributed by atoms with Crippen LogP contribution >= 0.6 is 31.9 Å². The Kier molecular flexibility index (Phi) is 6.28. The van der Waals surface area contributed by atoms with Crippen LogP contribution in [-0.4, -0.2) is 17.3 Å². The van der Waals surface area contributed by atoms with Crippen molar-refractivity contribution in [2.24, 2.45) is 0 Å². The van der Waals surface area contributed by atoms with E-state index >= 15 is 0 Å². The molecule has 0 aliphatic rings. The minimum absolute atomic E-state index is 0.728. The van der Waals surface area contributed by atoms with Gasteiger partial charge in [0.05, 0.1) is 6.61 Å². The molecule has 0 radical (unpaired) electrons. The van der Waals surface area contributed by atoms with Crippen molar-refractivity contribution >= 4 is 31.9 Å². The van der Waals surface area contributed by atoms with Crippen molar-refractivity contribution in [3.05, 3.63) is 29.8 Å². The van der Waals surface area contributed by atoms with Crippen molar-refractivity contribution in [3.8, 4) is 5.75 Å². The van der Waals surface area contributed by atoms with Gasteiger partial charge in [0.1, 0.15) is 5.75 Å². The molecule has 3 heteroatoms. The number of aryl methyl sites for hydroxylation is 1. The van der Waals surface area contributed by atoms with Crippen LogP contribution in [0.2, 0.25) is 0 Å². The number of alkyl halides is 2. The van der Waals surface area contributed by atoms with E-state index in [4.69, 9.17) is 4.74 Å². The van der Waals surface area contributed by atoms with Crippen LogP contribution in [0.5, 0.6) is 5.75 Å². The highest BCUT2D eigenvalue weighted by molar-refractivity contribution is 9.09. The van der Waals surface area contributed by atoms with Crippen LogP contribution in [0.25, 0.3) is 0 Å². The van der Waals surface area contributed by atoms with E-state index in [0.717, 1.165) is 35.9 Å². The molecule has 0 aliphatic heterocycles. The molecule has 1 rings (SSSR count). The molecule has 0 amide bonds. The van der Waals surface area contributed by atoms with E-state index in [-0.39, 0.29) is 0 Å². The number of hydrogen-bond acceptors (Lipinski definition) is 1. The first-order chi connectivity index (χ1) is 6.88. The Labute approximate surface area is 102 Å². The highest BCUT2D eigenvalue weighted by atomic mass is 79.9. The Morgan fingerprint density at radius 3 is 2.57 bits per heavy atom. The second-order valence-electron chi connectivity index (χ2n) is 2.94. The summed E-state index contributed by atoms with van der Waals surface area (Å²) in [5.74, 6) is 1.02. The van der Waals surface area contributed by atoms with Gasteiger partial charge >= 0.3 is 0 Å². The monoisotopic (exact) mass is 320 g/mol. The molecular formula is C11H14Br2O. The molecule has 0 aromatic heterocycles.